The molecular weight excluding hydrogens is 238 g/mol. The van der Waals surface area contributed by atoms with Crippen LogP contribution in [-0.2, 0) is 0 Å². The van der Waals surface area contributed by atoms with Crippen LogP contribution in [0.25, 0.3) is 0 Å². The smallest absolute Gasteiger partial charge is 0.148 e. The minimum Gasteiger partial charge on any atom is -0.330 e. The van der Waals surface area contributed by atoms with Gasteiger partial charge in [0.25, 0.3) is 0 Å². The van der Waals surface area contributed by atoms with Crippen molar-refractivity contribution in [2.75, 3.05) is 6.54 Å². The fourth-order valence-electron chi connectivity index (χ4n) is 1.36. The number of hydrogen-bond donors (Lipinski definition) is 2. The molecule has 1 atom stereocenters. The van der Waals surface area contributed by atoms with Crippen molar-refractivity contribution in [2.45, 2.75) is 18.9 Å². The largest absolute Gasteiger partial charge is 0.330 e. The Balaban J connectivity index is 2.96. The summed E-state index contributed by atoms with van der Waals surface area (Å²) in [6.45, 7) is 0.521. The van der Waals surface area contributed by atoms with E-state index in [4.69, 9.17) is 34.7 Å². The number of rotatable bonds is 4. The number of benzene rings is 1. The van der Waals surface area contributed by atoms with Gasteiger partial charge in [-0.05, 0) is 31.5 Å². The first-order valence-corrected chi connectivity index (χ1v) is 5.42. The number of halogens is 3. The summed E-state index contributed by atoms with van der Waals surface area (Å²) in [5, 5.41) is 0.346. The van der Waals surface area contributed by atoms with Crippen molar-refractivity contribution in [1.82, 2.24) is 0 Å². The van der Waals surface area contributed by atoms with Crippen LogP contribution >= 0.6 is 23.2 Å². The first kappa shape index (κ1) is 12.7. The average Bonchev–Trinajstić information content (AvgIpc) is 2.21. The predicted molar refractivity (Wildman–Crippen MR) is 61.6 cm³/mol. The molecule has 0 saturated carbocycles. The zero-order chi connectivity index (χ0) is 11.4. The highest BCUT2D eigenvalue weighted by molar-refractivity contribution is 6.33. The second-order valence-electron chi connectivity index (χ2n) is 3.29. The second-order valence-corrected chi connectivity index (χ2v) is 4.11. The molecule has 0 saturated heterocycles. The Hall–Kier alpha value is -0.350. The van der Waals surface area contributed by atoms with Gasteiger partial charge in [0.1, 0.15) is 5.82 Å². The van der Waals surface area contributed by atoms with Crippen LogP contribution in [-0.4, -0.2) is 6.54 Å². The third kappa shape index (κ3) is 3.05. The zero-order valence-electron chi connectivity index (χ0n) is 8.14. The van der Waals surface area contributed by atoms with Crippen LogP contribution in [0.5, 0.6) is 0 Å². The van der Waals surface area contributed by atoms with E-state index < -0.39 is 11.9 Å². The highest BCUT2D eigenvalue weighted by Gasteiger charge is 2.17. The van der Waals surface area contributed by atoms with Crippen LogP contribution in [0.15, 0.2) is 12.1 Å². The summed E-state index contributed by atoms with van der Waals surface area (Å²) in [7, 11) is 0. The van der Waals surface area contributed by atoms with Crippen LogP contribution in [0.4, 0.5) is 4.39 Å². The first-order chi connectivity index (χ1) is 7.07. The molecule has 0 radical (unpaired) electrons. The summed E-state index contributed by atoms with van der Waals surface area (Å²) in [4.78, 5) is 0. The van der Waals surface area contributed by atoms with Crippen molar-refractivity contribution in [1.29, 1.82) is 0 Å². The van der Waals surface area contributed by atoms with Crippen molar-refractivity contribution in [2.24, 2.45) is 11.5 Å². The standard InChI is InChI=1S/C10H13Cl2FN2/c11-6-3-4-7(12)10(13)9(6)8(15)2-1-5-14/h3-4,8H,1-2,5,14-15H2/t8-/m1/s1. The number of hydrogen-bond acceptors (Lipinski definition) is 2. The molecule has 4 N–H and O–H groups in total. The lowest BCUT2D eigenvalue weighted by atomic mass is 10.0. The maximum Gasteiger partial charge on any atom is 0.148 e. The number of nitrogens with two attached hydrogens (primary N) is 2. The van der Waals surface area contributed by atoms with Gasteiger partial charge in [-0.2, -0.15) is 0 Å². The minimum atomic E-state index is -0.534. The first-order valence-electron chi connectivity index (χ1n) is 4.67. The maximum absolute atomic E-state index is 13.6. The highest BCUT2D eigenvalue weighted by atomic mass is 35.5. The van der Waals surface area contributed by atoms with Crippen LogP contribution in [0.1, 0.15) is 24.4 Å². The molecule has 84 valence electrons. The van der Waals surface area contributed by atoms with Gasteiger partial charge in [0, 0.05) is 16.6 Å². The van der Waals surface area contributed by atoms with E-state index >= 15 is 0 Å². The van der Waals surface area contributed by atoms with Gasteiger partial charge in [0.2, 0.25) is 0 Å². The van der Waals surface area contributed by atoms with Crippen LogP contribution in [0.3, 0.4) is 0 Å². The van der Waals surface area contributed by atoms with Gasteiger partial charge in [-0.3, -0.25) is 0 Å². The van der Waals surface area contributed by atoms with E-state index in [0.29, 0.717) is 18.0 Å². The van der Waals surface area contributed by atoms with Crippen molar-refractivity contribution in [3.63, 3.8) is 0 Å². The molecule has 1 rings (SSSR count). The molecule has 0 aromatic heterocycles. The molecule has 0 aliphatic rings. The molecule has 0 unspecified atom stereocenters. The van der Waals surface area contributed by atoms with Gasteiger partial charge < -0.3 is 11.5 Å². The molecule has 0 heterocycles. The topological polar surface area (TPSA) is 52.0 Å². The molecule has 15 heavy (non-hydrogen) atoms. The Morgan fingerprint density at radius 1 is 1.27 bits per heavy atom. The summed E-state index contributed by atoms with van der Waals surface area (Å²) in [5.74, 6) is -0.534. The van der Waals surface area contributed by atoms with E-state index in [2.05, 4.69) is 0 Å². The van der Waals surface area contributed by atoms with Crippen LogP contribution in [0, 0.1) is 5.82 Å². The van der Waals surface area contributed by atoms with Crippen LogP contribution < -0.4 is 11.5 Å². The van der Waals surface area contributed by atoms with E-state index in [1.165, 1.54) is 6.07 Å². The predicted octanol–water partition coefficient (Wildman–Crippen LogP) is 2.87. The monoisotopic (exact) mass is 250 g/mol. The maximum atomic E-state index is 13.6. The van der Waals surface area contributed by atoms with Gasteiger partial charge in [-0.25, -0.2) is 4.39 Å². The van der Waals surface area contributed by atoms with Crippen molar-refractivity contribution in [3.8, 4) is 0 Å². The van der Waals surface area contributed by atoms with Crippen molar-refractivity contribution < 1.29 is 4.39 Å². The fourth-order valence-corrected chi connectivity index (χ4v) is 1.82. The third-order valence-corrected chi connectivity index (χ3v) is 2.79. The van der Waals surface area contributed by atoms with E-state index in [1.54, 1.807) is 6.07 Å². The van der Waals surface area contributed by atoms with Crippen molar-refractivity contribution in [3.05, 3.63) is 33.6 Å². The van der Waals surface area contributed by atoms with Gasteiger partial charge in [-0.1, -0.05) is 23.2 Å². The Labute approximate surface area is 98.3 Å². The van der Waals surface area contributed by atoms with E-state index in [9.17, 15) is 4.39 Å². The minimum absolute atomic E-state index is 0.0394. The summed E-state index contributed by atoms with van der Waals surface area (Å²) in [5.41, 5.74) is 11.4. The summed E-state index contributed by atoms with van der Waals surface area (Å²) in [6.07, 6.45) is 1.32. The molecule has 1 aromatic rings. The van der Waals surface area contributed by atoms with E-state index in [1.807, 2.05) is 0 Å². The lowest BCUT2D eigenvalue weighted by Crippen LogP contribution is -2.14. The fraction of sp³-hybridized carbons (Fsp3) is 0.400. The van der Waals surface area contributed by atoms with Gasteiger partial charge in [0.15, 0.2) is 0 Å². The Morgan fingerprint density at radius 3 is 2.47 bits per heavy atom. The summed E-state index contributed by atoms with van der Waals surface area (Å²) < 4.78 is 13.6. The molecule has 1 aromatic carbocycles. The molecule has 0 aliphatic carbocycles. The second kappa shape index (κ2) is 5.66. The lowest BCUT2D eigenvalue weighted by Gasteiger charge is -2.14. The quantitative estimate of drug-likeness (QED) is 0.808. The Kier molecular flexibility index (Phi) is 4.80. The van der Waals surface area contributed by atoms with Crippen molar-refractivity contribution >= 4 is 23.2 Å². The van der Waals surface area contributed by atoms with Gasteiger partial charge in [0.05, 0.1) is 5.02 Å². The Morgan fingerprint density at radius 2 is 1.87 bits per heavy atom. The lowest BCUT2D eigenvalue weighted by molar-refractivity contribution is 0.554. The van der Waals surface area contributed by atoms with E-state index in [-0.39, 0.29) is 10.6 Å². The zero-order valence-corrected chi connectivity index (χ0v) is 9.65. The molecule has 0 fully saturated rings. The molecule has 0 bridgehead atoms. The molecular formula is C10H13Cl2FN2. The third-order valence-electron chi connectivity index (χ3n) is 2.17. The van der Waals surface area contributed by atoms with Gasteiger partial charge >= 0.3 is 0 Å². The Bertz CT molecular complexity index is 344. The highest BCUT2D eigenvalue weighted by Crippen LogP contribution is 2.31. The molecule has 2 nitrogen and oxygen atoms in total. The molecule has 0 amide bonds. The van der Waals surface area contributed by atoms with E-state index in [0.717, 1.165) is 6.42 Å². The van der Waals surface area contributed by atoms with Crippen LogP contribution in [0.2, 0.25) is 10.0 Å². The molecule has 0 spiro atoms. The average molecular weight is 251 g/mol. The molecule has 0 aliphatic heterocycles. The molecule has 5 heteroatoms. The normalized spacial score (nSPS) is 12.9. The van der Waals surface area contributed by atoms with Gasteiger partial charge in [-0.15, -0.1) is 0 Å². The summed E-state index contributed by atoms with van der Waals surface area (Å²) in [6, 6.07) is 2.50. The SMILES string of the molecule is NCCC[C@@H](N)c1c(Cl)ccc(Cl)c1F. The summed E-state index contributed by atoms with van der Waals surface area (Å²) >= 11 is 11.5.